The van der Waals surface area contributed by atoms with E-state index in [1.165, 1.54) is 22.3 Å². The van der Waals surface area contributed by atoms with Gasteiger partial charge in [0, 0.05) is 38.6 Å². The molecule has 3 heterocycles. The standard InChI is InChI=1S/C59H38N2O2/c1-2-15-39(16-3-1)58-60-52(38-31-29-37(30-32-38)42-22-14-23-47-46-21-8-12-27-54(46)63-57(42)47)36-53(61-58)45-20-5-4-17-41(45)40-33-34-51-56(35-40)62-55-28-13-11-26-50(55)59(51)48-24-9-6-18-43(48)44-19-7-10-25-49(44)59/h1-2,4-15,17-36H,3,16H2. The third kappa shape index (κ3) is 5.41. The summed E-state index contributed by atoms with van der Waals surface area (Å²) in [7, 11) is 0. The number of aromatic nitrogens is 2. The van der Waals surface area contributed by atoms with Gasteiger partial charge in [-0.1, -0.05) is 182 Å². The van der Waals surface area contributed by atoms with E-state index < -0.39 is 5.41 Å². The molecular formula is C59H38N2O2. The summed E-state index contributed by atoms with van der Waals surface area (Å²) in [5.74, 6) is 2.49. The predicted molar refractivity (Wildman–Crippen MR) is 255 cm³/mol. The van der Waals surface area contributed by atoms with E-state index in [1.807, 2.05) is 12.1 Å². The summed E-state index contributed by atoms with van der Waals surface area (Å²) in [4.78, 5) is 10.6. The van der Waals surface area contributed by atoms with E-state index >= 15 is 0 Å². The van der Waals surface area contributed by atoms with Crippen molar-refractivity contribution >= 4 is 27.5 Å². The van der Waals surface area contributed by atoms with Gasteiger partial charge in [-0.15, -0.1) is 0 Å². The van der Waals surface area contributed by atoms with E-state index in [9.17, 15) is 0 Å². The fourth-order valence-electron chi connectivity index (χ4n) is 10.4. The third-order valence-corrected chi connectivity index (χ3v) is 13.3. The summed E-state index contributed by atoms with van der Waals surface area (Å²) < 4.78 is 13.3. The minimum Gasteiger partial charge on any atom is -0.457 e. The Morgan fingerprint density at radius 2 is 1.06 bits per heavy atom. The Labute approximate surface area is 365 Å². The number of hydrogen-bond acceptors (Lipinski definition) is 4. The van der Waals surface area contributed by atoms with E-state index in [2.05, 4.69) is 194 Å². The van der Waals surface area contributed by atoms with Gasteiger partial charge < -0.3 is 9.15 Å². The van der Waals surface area contributed by atoms with Crippen LogP contribution in [-0.4, -0.2) is 9.97 Å². The third-order valence-electron chi connectivity index (χ3n) is 13.3. The lowest BCUT2D eigenvalue weighted by Crippen LogP contribution is -2.32. The van der Waals surface area contributed by atoms with E-state index in [0.29, 0.717) is 0 Å². The quantitative estimate of drug-likeness (QED) is 0.174. The first-order valence-corrected chi connectivity index (χ1v) is 21.7. The van der Waals surface area contributed by atoms with E-state index in [1.54, 1.807) is 0 Å². The topological polar surface area (TPSA) is 48.2 Å². The lowest BCUT2D eigenvalue weighted by Gasteiger charge is -2.39. The van der Waals surface area contributed by atoms with Gasteiger partial charge in [-0.25, -0.2) is 9.97 Å². The van der Waals surface area contributed by atoms with Crippen molar-refractivity contribution in [1.29, 1.82) is 0 Å². The largest absolute Gasteiger partial charge is 0.457 e. The van der Waals surface area contributed by atoms with Crippen molar-refractivity contribution in [3.05, 3.63) is 234 Å². The minimum atomic E-state index is -0.512. The van der Waals surface area contributed by atoms with Crippen LogP contribution in [-0.2, 0) is 5.41 Å². The molecule has 0 unspecified atom stereocenters. The average molecular weight is 807 g/mol. The molecule has 0 atom stereocenters. The van der Waals surface area contributed by atoms with E-state index in [-0.39, 0.29) is 0 Å². The van der Waals surface area contributed by atoms with Crippen molar-refractivity contribution in [2.75, 3.05) is 0 Å². The summed E-state index contributed by atoms with van der Waals surface area (Å²) in [6, 6.07) is 67.1. The Kier molecular flexibility index (Phi) is 7.91. The normalized spacial score (nSPS) is 14.2. The second kappa shape index (κ2) is 14.0. The molecule has 0 fully saturated rings. The van der Waals surface area contributed by atoms with Gasteiger partial charge in [0.25, 0.3) is 0 Å². The van der Waals surface area contributed by atoms with Crippen LogP contribution in [0.3, 0.4) is 0 Å². The average Bonchev–Trinajstić information content (AvgIpc) is 3.88. The molecule has 4 nitrogen and oxygen atoms in total. The van der Waals surface area contributed by atoms with Gasteiger partial charge in [-0.05, 0) is 81.6 Å². The first kappa shape index (κ1) is 35.7. The number of rotatable bonds is 5. The monoisotopic (exact) mass is 806 g/mol. The van der Waals surface area contributed by atoms with Gasteiger partial charge >= 0.3 is 0 Å². The number of nitrogens with zero attached hydrogens (tertiary/aromatic N) is 2. The summed E-state index contributed by atoms with van der Waals surface area (Å²) in [5.41, 5.74) is 17.9. The SMILES string of the molecule is C1=CCCC(c2nc(-c3ccc(-c4cccc5c4oc4ccccc45)cc3)cc(-c3ccccc3-c3ccc4c(c3)Oc3ccccc3C43c4ccccc4-c4ccccc43)n2)=C1. The summed E-state index contributed by atoms with van der Waals surface area (Å²) in [6.45, 7) is 0. The fourth-order valence-corrected chi connectivity index (χ4v) is 10.4. The van der Waals surface area contributed by atoms with Crippen LogP contribution in [0.4, 0.5) is 0 Å². The molecule has 63 heavy (non-hydrogen) atoms. The van der Waals surface area contributed by atoms with Gasteiger partial charge in [0.05, 0.1) is 16.8 Å². The molecule has 1 aliphatic heterocycles. The maximum atomic E-state index is 6.91. The summed E-state index contributed by atoms with van der Waals surface area (Å²) >= 11 is 0. The Bertz CT molecular complexity index is 3510. The first-order chi connectivity index (χ1) is 31.2. The van der Waals surface area contributed by atoms with Crippen LogP contribution in [0.15, 0.2) is 211 Å². The molecule has 13 rings (SSSR count). The van der Waals surface area contributed by atoms with Crippen molar-refractivity contribution < 1.29 is 9.15 Å². The number of hydrogen-bond donors (Lipinski definition) is 0. The molecule has 8 aromatic carbocycles. The molecule has 0 bridgehead atoms. The van der Waals surface area contributed by atoms with Crippen molar-refractivity contribution in [1.82, 2.24) is 9.97 Å². The van der Waals surface area contributed by atoms with Gasteiger partial charge in [-0.3, -0.25) is 0 Å². The van der Waals surface area contributed by atoms with Crippen LogP contribution >= 0.6 is 0 Å². The number of ether oxygens (including phenoxy) is 1. The Hall–Kier alpha value is -8.08. The van der Waals surface area contributed by atoms with Gasteiger partial charge in [0.1, 0.15) is 22.7 Å². The molecule has 4 heteroatoms. The van der Waals surface area contributed by atoms with E-state index in [0.717, 1.165) is 114 Å². The molecule has 296 valence electrons. The lowest BCUT2D eigenvalue weighted by atomic mass is 9.66. The number of para-hydroxylation sites is 3. The molecule has 2 aliphatic carbocycles. The number of allylic oxidation sites excluding steroid dienone is 4. The van der Waals surface area contributed by atoms with Gasteiger partial charge in [0.15, 0.2) is 5.82 Å². The van der Waals surface area contributed by atoms with E-state index in [4.69, 9.17) is 19.1 Å². The van der Waals surface area contributed by atoms with Crippen LogP contribution in [0.25, 0.3) is 83.4 Å². The van der Waals surface area contributed by atoms with Crippen LogP contribution in [0, 0.1) is 0 Å². The van der Waals surface area contributed by atoms with Gasteiger partial charge in [0.2, 0.25) is 0 Å². The fraction of sp³-hybridized carbons (Fsp3) is 0.0508. The van der Waals surface area contributed by atoms with Crippen LogP contribution in [0.1, 0.15) is 40.9 Å². The van der Waals surface area contributed by atoms with Crippen molar-refractivity contribution in [2.45, 2.75) is 18.3 Å². The highest BCUT2D eigenvalue weighted by molar-refractivity contribution is 6.09. The molecule has 3 aliphatic rings. The number of fused-ring (bicyclic) bond motifs is 12. The molecule has 0 radical (unpaired) electrons. The second-order valence-corrected chi connectivity index (χ2v) is 16.7. The molecule has 2 aromatic heterocycles. The second-order valence-electron chi connectivity index (χ2n) is 16.7. The smallest absolute Gasteiger partial charge is 0.156 e. The Morgan fingerprint density at radius 1 is 0.444 bits per heavy atom. The zero-order valence-corrected chi connectivity index (χ0v) is 34.3. The first-order valence-electron chi connectivity index (χ1n) is 21.7. The van der Waals surface area contributed by atoms with Crippen molar-refractivity contribution in [3.63, 3.8) is 0 Å². The van der Waals surface area contributed by atoms with Crippen LogP contribution in [0.5, 0.6) is 11.5 Å². The molecular weight excluding hydrogens is 769 g/mol. The Balaban J connectivity index is 0.939. The maximum Gasteiger partial charge on any atom is 0.156 e. The highest BCUT2D eigenvalue weighted by atomic mass is 16.5. The number of furan rings is 1. The molecule has 0 saturated heterocycles. The maximum absolute atomic E-state index is 6.91. The zero-order chi connectivity index (χ0) is 41.5. The highest BCUT2D eigenvalue weighted by Gasteiger charge is 2.50. The van der Waals surface area contributed by atoms with Crippen molar-refractivity contribution in [3.8, 4) is 67.4 Å². The lowest BCUT2D eigenvalue weighted by molar-refractivity contribution is 0.436. The molecule has 10 aromatic rings. The zero-order valence-electron chi connectivity index (χ0n) is 34.3. The van der Waals surface area contributed by atoms with Crippen LogP contribution < -0.4 is 4.74 Å². The highest BCUT2D eigenvalue weighted by Crippen LogP contribution is 2.62. The summed E-state index contributed by atoms with van der Waals surface area (Å²) in [6.07, 6.45) is 8.33. The molecule has 0 N–H and O–H groups in total. The van der Waals surface area contributed by atoms with Gasteiger partial charge in [-0.2, -0.15) is 0 Å². The summed E-state index contributed by atoms with van der Waals surface area (Å²) in [5, 5.41) is 2.25. The van der Waals surface area contributed by atoms with Crippen LogP contribution in [0.2, 0.25) is 0 Å². The molecule has 0 amide bonds. The minimum absolute atomic E-state index is 0.512. The Morgan fingerprint density at radius 3 is 1.86 bits per heavy atom. The molecule has 0 saturated carbocycles. The number of benzene rings is 8. The predicted octanol–water partition coefficient (Wildman–Crippen LogP) is 15.2. The molecule has 1 spiro atoms. The van der Waals surface area contributed by atoms with Crippen molar-refractivity contribution in [2.24, 2.45) is 0 Å².